The van der Waals surface area contributed by atoms with Crippen molar-refractivity contribution in [3.05, 3.63) is 42.2 Å². The topological polar surface area (TPSA) is 78.7 Å². The Hall–Kier alpha value is -1.57. The number of benzene rings is 1. The normalized spacial score (nSPS) is 47.4. The smallest absolute Gasteiger partial charge is 0.0958 e. The molecular formula is C29H36ClN3O3. The summed E-state index contributed by atoms with van der Waals surface area (Å²) in [5.74, 6) is 0.163. The number of nitrogens with zero attached hydrogens (tertiary/aromatic N) is 3. The zero-order valence-electron chi connectivity index (χ0n) is 21.3. The molecule has 2 aromatic rings. The molecule has 1 aromatic heterocycles. The number of likely N-dealkylation sites (N-methyl/N-ethyl adjacent to an activating group) is 1. The van der Waals surface area contributed by atoms with Gasteiger partial charge in [-0.3, -0.25) is 0 Å². The summed E-state index contributed by atoms with van der Waals surface area (Å²) in [6.07, 6.45) is 10.6. The number of allylic oxidation sites excluding steroid dienone is 2. The number of alkyl halides is 1. The second-order valence-electron chi connectivity index (χ2n) is 12.7. The van der Waals surface area contributed by atoms with Crippen molar-refractivity contribution in [2.75, 3.05) is 14.1 Å². The fraction of sp³-hybridized carbons (Fsp3) is 0.655. The van der Waals surface area contributed by atoms with Gasteiger partial charge in [-0.1, -0.05) is 25.1 Å². The molecule has 0 radical (unpaired) electrons. The van der Waals surface area contributed by atoms with E-state index >= 15 is 0 Å². The lowest BCUT2D eigenvalue weighted by molar-refractivity contribution is -0.276. The number of aliphatic hydroxyl groups excluding tert-OH is 2. The van der Waals surface area contributed by atoms with Gasteiger partial charge in [-0.15, -0.1) is 11.6 Å². The average molecular weight is 510 g/mol. The summed E-state index contributed by atoms with van der Waals surface area (Å²) in [4.78, 5) is 1.52. The Kier molecular flexibility index (Phi) is 4.91. The van der Waals surface area contributed by atoms with E-state index in [4.69, 9.17) is 16.3 Å². The highest BCUT2D eigenvalue weighted by atomic mass is 35.5. The molecule has 3 aliphatic carbocycles. The first kappa shape index (κ1) is 23.5. The van der Waals surface area contributed by atoms with Gasteiger partial charge in [0.05, 0.1) is 40.7 Å². The van der Waals surface area contributed by atoms with Gasteiger partial charge in [0.1, 0.15) is 0 Å². The average Bonchev–Trinajstić information content (AvgIpc) is 3.39. The first-order valence-electron chi connectivity index (χ1n) is 13.5. The molecule has 3 heterocycles. The molecule has 2 bridgehead atoms. The SMILES string of the molecule is CN(C)[C@H]1C[C@@]23CC[C@]4(O2)C2CC=C(c5ccc6cnncc6c5)[C@@]2(C)CCC4(Cl)CC3[C@@H](O)[C@@H]1O. The van der Waals surface area contributed by atoms with E-state index in [1.807, 2.05) is 31.4 Å². The van der Waals surface area contributed by atoms with Crippen LogP contribution in [0.25, 0.3) is 16.3 Å². The van der Waals surface area contributed by atoms with E-state index in [0.717, 1.165) is 49.3 Å². The van der Waals surface area contributed by atoms with Gasteiger partial charge in [0.15, 0.2) is 0 Å². The molecule has 0 amide bonds. The molecule has 2 saturated carbocycles. The van der Waals surface area contributed by atoms with Gasteiger partial charge in [-0.2, -0.15) is 10.2 Å². The van der Waals surface area contributed by atoms with E-state index in [-0.39, 0.29) is 17.4 Å². The minimum Gasteiger partial charge on any atom is -0.390 e. The molecule has 4 fully saturated rings. The van der Waals surface area contributed by atoms with Gasteiger partial charge in [0, 0.05) is 28.7 Å². The van der Waals surface area contributed by atoms with Gasteiger partial charge >= 0.3 is 0 Å². The molecule has 1 aromatic carbocycles. The summed E-state index contributed by atoms with van der Waals surface area (Å²) in [6, 6.07) is 6.49. The molecule has 9 atom stereocenters. The van der Waals surface area contributed by atoms with Crippen LogP contribution in [0, 0.1) is 17.3 Å². The first-order valence-corrected chi connectivity index (χ1v) is 13.8. The Morgan fingerprint density at radius 2 is 1.78 bits per heavy atom. The Morgan fingerprint density at radius 1 is 1.00 bits per heavy atom. The Bertz CT molecular complexity index is 1270. The highest BCUT2D eigenvalue weighted by molar-refractivity contribution is 6.25. The number of aromatic nitrogens is 2. The Labute approximate surface area is 217 Å². The van der Waals surface area contributed by atoms with Crippen LogP contribution in [0.5, 0.6) is 0 Å². The lowest BCUT2D eigenvalue weighted by atomic mass is 9.52. The molecule has 192 valence electrons. The molecule has 2 aliphatic heterocycles. The fourth-order valence-electron chi connectivity index (χ4n) is 9.17. The molecule has 7 heteroatoms. The maximum atomic E-state index is 11.3. The third-order valence-corrected chi connectivity index (χ3v) is 11.7. The third-order valence-electron chi connectivity index (χ3n) is 11.1. The van der Waals surface area contributed by atoms with E-state index in [1.165, 1.54) is 11.1 Å². The van der Waals surface area contributed by atoms with Crippen molar-refractivity contribution in [2.24, 2.45) is 17.3 Å². The van der Waals surface area contributed by atoms with E-state index < -0.39 is 28.3 Å². The van der Waals surface area contributed by atoms with Gasteiger partial charge in [0.2, 0.25) is 0 Å². The molecule has 2 spiro atoms. The number of hydrogen-bond acceptors (Lipinski definition) is 6. The van der Waals surface area contributed by atoms with Crippen LogP contribution < -0.4 is 0 Å². The van der Waals surface area contributed by atoms with Crippen molar-refractivity contribution < 1.29 is 14.9 Å². The highest BCUT2D eigenvalue weighted by Gasteiger charge is 2.76. The molecule has 2 saturated heterocycles. The molecule has 3 unspecified atom stereocenters. The summed E-state index contributed by atoms with van der Waals surface area (Å²) >= 11 is 7.62. The summed E-state index contributed by atoms with van der Waals surface area (Å²) in [5, 5.41) is 32.6. The molecular weight excluding hydrogens is 474 g/mol. The van der Waals surface area contributed by atoms with E-state index in [9.17, 15) is 10.2 Å². The maximum absolute atomic E-state index is 11.3. The Morgan fingerprint density at radius 3 is 2.56 bits per heavy atom. The zero-order chi connectivity index (χ0) is 25.1. The first-order chi connectivity index (χ1) is 17.1. The van der Waals surface area contributed by atoms with Crippen LogP contribution in [0.2, 0.25) is 0 Å². The third kappa shape index (κ3) is 2.83. The second kappa shape index (κ2) is 7.51. The van der Waals surface area contributed by atoms with Gasteiger partial charge in [-0.05, 0) is 81.7 Å². The van der Waals surface area contributed by atoms with Crippen molar-refractivity contribution in [2.45, 2.75) is 86.2 Å². The van der Waals surface area contributed by atoms with Crippen LogP contribution in [0.3, 0.4) is 0 Å². The van der Waals surface area contributed by atoms with Crippen molar-refractivity contribution in [3.63, 3.8) is 0 Å². The van der Waals surface area contributed by atoms with Gasteiger partial charge in [-0.25, -0.2) is 0 Å². The quantitative estimate of drug-likeness (QED) is 0.591. The number of fused-ring (bicyclic) bond motifs is 2. The fourth-order valence-corrected chi connectivity index (χ4v) is 9.70. The van der Waals surface area contributed by atoms with Crippen LogP contribution in [0.4, 0.5) is 0 Å². The maximum Gasteiger partial charge on any atom is 0.0958 e. The predicted molar refractivity (Wildman–Crippen MR) is 140 cm³/mol. The largest absolute Gasteiger partial charge is 0.390 e. The lowest BCUT2D eigenvalue weighted by Crippen LogP contribution is -2.72. The zero-order valence-corrected chi connectivity index (χ0v) is 22.1. The van der Waals surface area contributed by atoms with Crippen molar-refractivity contribution in [3.8, 4) is 0 Å². The predicted octanol–water partition coefficient (Wildman–Crippen LogP) is 4.17. The van der Waals surface area contributed by atoms with Crippen LogP contribution >= 0.6 is 11.6 Å². The standard InChI is InChI=1S/C29H36ClN3O3/c1-26-8-10-28(30)13-21-24(34)25(35)22(33(2)3)14-27(21)9-11-29(28,36-27)23(26)7-6-20(26)17-4-5-18-15-31-32-16-19(18)12-17/h4-6,12,15-16,21-25,34-35H,7-11,13-14H2,1-3H3/t21?,22-,23?,24+,25+,26+,27+,28?,29-/m0/s1. The molecule has 2 N–H and O–H groups in total. The number of aliphatic hydroxyl groups is 2. The molecule has 5 aliphatic rings. The minimum absolute atomic E-state index is 0.0291. The number of hydrogen-bond donors (Lipinski definition) is 2. The van der Waals surface area contributed by atoms with Gasteiger partial charge in [0.25, 0.3) is 0 Å². The summed E-state index contributed by atoms with van der Waals surface area (Å²) in [7, 11) is 3.97. The number of rotatable bonds is 2. The minimum atomic E-state index is -0.816. The number of halogens is 1. The molecule has 36 heavy (non-hydrogen) atoms. The van der Waals surface area contributed by atoms with Crippen LogP contribution in [0.1, 0.15) is 57.4 Å². The lowest BCUT2D eigenvalue weighted by Gasteiger charge is -2.65. The summed E-state index contributed by atoms with van der Waals surface area (Å²) < 4.78 is 7.33. The molecule has 6 nitrogen and oxygen atoms in total. The molecule has 7 rings (SSSR count). The van der Waals surface area contributed by atoms with Crippen molar-refractivity contribution in [1.29, 1.82) is 0 Å². The highest BCUT2D eigenvalue weighted by Crippen LogP contribution is 2.73. The van der Waals surface area contributed by atoms with E-state index in [2.05, 4.69) is 41.4 Å². The van der Waals surface area contributed by atoms with Gasteiger partial charge < -0.3 is 19.8 Å². The number of ether oxygens (including phenoxy) is 1. The monoisotopic (exact) mass is 509 g/mol. The Balaban J connectivity index is 1.27. The van der Waals surface area contributed by atoms with Crippen molar-refractivity contribution in [1.82, 2.24) is 15.1 Å². The summed E-state index contributed by atoms with van der Waals surface area (Å²) in [5.41, 5.74) is 1.78. The van der Waals surface area contributed by atoms with Crippen LogP contribution in [0.15, 0.2) is 36.7 Å². The second-order valence-corrected chi connectivity index (χ2v) is 13.4. The van der Waals surface area contributed by atoms with Crippen molar-refractivity contribution >= 4 is 27.9 Å². The van der Waals surface area contributed by atoms with E-state index in [1.54, 1.807) is 0 Å². The van der Waals surface area contributed by atoms with E-state index in [0.29, 0.717) is 12.3 Å². The summed E-state index contributed by atoms with van der Waals surface area (Å²) in [6.45, 7) is 2.42. The van der Waals surface area contributed by atoms with Crippen LogP contribution in [-0.4, -0.2) is 73.7 Å². The van der Waals surface area contributed by atoms with Crippen LogP contribution in [-0.2, 0) is 4.74 Å².